The maximum absolute atomic E-state index is 13.1. The van der Waals surface area contributed by atoms with Crippen molar-refractivity contribution < 1.29 is 18.0 Å². The van der Waals surface area contributed by atoms with E-state index in [9.17, 15) is 18.0 Å². The van der Waals surface area contributed by atoms with Crippen LogP contribution in [0.4, 0.5) is 13.2 Å². The number of alkyl halides is 3. The molecule has 0 saturated carbocycles. The Morgan fingerprint density at radius 3 is 2.43 bits per heavy atom. The van der Waals surface area contributed by atoms with Gasteiger partial charge in [-0.2, -0.15) is 13.2 Å². The summed E-state index contributed by atoms with van der Waals surface area (Å²) in [5.41, 5.74) is -1.08. The molecule has 2 saturated heterocycles. The predicted molar refractivity (Wildman–Crippen MR) is 81.1 cm³/mol. The Hall–Kier alpha value is -1.56. The molecule has 2 heterocycles. The van der Waals surface area contributed by atoms with Crippen LogP contribution in [0.25, 0.3) is 0 Å². The quantitative estimate of drug-likeness (QED) is 0.904. The van der Waals surface area contributed by atoms with Gasteiger partial charge >= 0.3 is 6.18 Å². The Morgan fingerprint density at radius 2 is 1.83 bits per heavy atom. The molecule has 6 heteroatoms. The van der Waals surface area contributed by atoms with Gasteiger partial charge in [-0.3, -0.25) is 4.79 Å². The van der Waals surface area contributed by atoms with E-state index in [-0.39, 0.29) is 5.56 Å². The smallest absolute Gasteiger partial charge is 0.339 e. The van der Waals surface area contributed by atoms with Crippen molar-refractivity contribution in [2.75, 3.05) is 19.6 Å². The number of halogens is 3. The fourth-order valence-corrected chi connectivity index (χ4v) is 3.71. The lowest BCUT2D eigenvalue weighted by molar-refractivity contribution is -0.138. The van der Waals surface area contributed by atoms with Crippen LogP contribution in [-0.2, 0) is 6.18 Å². The number of carbonyl (C=O) groups is 1. The normalized spacial score (nSPS) is 23.3. The summed E-state index contributed by atoms with van der Waals surface area (Å²) in [6.45, 7) is 2.12. The minimum atomic E-state index is -4.50. The molecular weight excluding hydrogens is 305 g/mol. The zero-order valence-corrected chi connectivity index (χ0v) is 12.9. The highest BCUT2D eigenvalue weighted by molar-refractivity contribution is 5.96. The van der Waals surface area contributed by atoms with Crippen LogP contribution in [0.3, 0.4) is 0 Å². The highest BCUT2D eigenvalue weighted by Crippen LogP contribution is 2.33. The van der Waals surface area contributed by atoms with Gasteiger partial charge in [0, 0.05) is 19.1 Å². The first-order chi connectivity index (χ1) is 11.0. The fraction of sp³-hybridized carbons (Fsp3) is 0.588. The summed E-state index contributed by atoms with van der Waals surface area (Å²) < 4.78 is 39.2. The number of nitrogens with one attached hydrogen (secondary N) is 1. The van der Waals surface area contributed by atoms with Gasteiger partial charge in [-0.1, -0.05) is 12.1 Å². The van der Waals surface area contributed by atoms with Crippen LogP contribution < -0.4 is 5.32 Å². The lowest BCUT2D eigenvalue weighted by Crippen LogP contribution is -2.43. The molecule has 0 aliphatic carbocycles. The van der Waals surface area contributed by atoms with Crippen LogP contribution in [0.2, 0.25) is 0 Å². The van der Waals surface area contributed by atoms with E-state index in [0.717, 1.165) is 31.9 Å². The SMILES string of the molecule is O=C(c1ccccc1C(F)(F)F)N1CCC(C2CCCN2)CC1. The molecule has 1 N–H and O–H groups in total. The minimum absolute atomic E-state index is 0.238. The molecule has 3 rings (SSSR count). The molecular formula is C17H21F3N2O. The van der Waals surface area contributed by atoms with Gasteiger partial charge in [-0.25, -0.2) is 0 Å². The maximum Gasteiger partial charge on any atom is 0.417 e. The number of hydrogen-bond acceptors (Lipinski definition) is 2. The second-order valence-electron chi connectivity index (χ2n) is 6.38. The van der Waals surface area contributed by atoms with Gasteiger partial charge in [0.15, 0.2) is 0 Å². The number of hydrogen-bond donors (Lipinski definition) is 1. The predicted octanol–water partition coefficient (Wildman–Crippen LogP) is 3.31. The van der Waals surface area contributed by atoms with Crippen molar-refractivity contribution in [3.63, 3.8) is 0 Å². The third-order valence-electron chi connectivity index (χ3n) is 4.96. The van der Waals surface area contributed by atoms with E-state index in [0.29, 0.717) is 25.0 Å². The number of nitrogens with zero attached hydrogens (tertiary/aromatic N) is 1. The maximum atomic E-state index is 13.1. The second-order valence-corrected chi connectivity index (χ2v) is 6.38. The summed E-state index contributed by atoms with van der Waals surface area (Å²) in [7, 11) is 0. The first kappa shape index (κ1) is 16.3. The van der Waals surface area contributed by atoms with Gasteiger partial charge in [0.25, 0.3) is 5.91 Å². The van der Waals surface area contributed by atoms with Crippen LogP contribution in [0.5, 0.6) is 0 Å². The number of carbonyl (C=O) groups excluding carboxylic acids is 1. The number of amides is 1. The molecule has 0 aromatic heterocycles. The van der Waals surface area contributed by atoms with E-state index in [1.807, 2.05) is 0 Å². The van der Waals surface area contributed by atoms with E-state index in [1.165, 1.54) is 24.6 Å². The van der Waals surface area contributed by atoms with E-state index < -0.39 is 17.6 Å². The summed E-state index contributed by atoms with van der Waals surface area (Å²) in [6, 6.07) is 5.56. The van der Waals surface area contributed by atoms with Crippen LogP contribution in [0, 0.1) is 5.92 Å². The van der Waals surface area contributed by atoms with Crippen molar-refractivity contribution in [3.05, 3.63) is 35.4 Å². The molecule has 2 fully saturated rings. The van der Waals surface area contributed by atoms with Crippen LogP contribution in [0.15, 0.2) is 24.3 Å². The molecule has 23 heavy (non-hydrogen) atoms. The molecule has 0 radical (unpaired) electrons. The van der Waals surface area contributed by atoms with Crippen molar-refractivity contribution in [2.24, 2.45) is 5.92 Å². The molecule has 1 aromatic carbocycles. The highest BCUT2D eigenvalue weighted by Gasteiger charge is 2.37. The third kappa shape index (κ3) is 3.52. The Labute approximate surface area is 133 Å². The summed E-state index contributed by atoms with van der Waals surface area (Å²) in [5, 5.41) is 3.48. The molecule has 0 bridgehead atoms. The Bertz CT molecular complexity index is 559. The Kier molecular flexibility index (Phi) is 4.62. The average Bonchev–Trinajstić information content (AvgIpc) is 3.08. The zero-order valence-electron chi connectivity index (χ0n) is 12.9. The van der Waals surface area contributed by atoms with Gasteiger partial charge in [0.1, 0.15) is 0 Å². The van der Waals surface area contributed by atoms with Crippen molar-refractivity contribution in [1.82, 2.24) is 10.2 Å². The first-order valence-corrected chi connectivity index (χ1v) is 8.15. The van der Waals surface area contributed by atoms with E-state index >= 15 is 0 Å². The lowest BCUT2D eigenvalue weighted by Gasteiger charge is -2.35. The zero-order chi connectivity index (χ0) is 16.4. The summed E-state index contributed by atoms with van der Waals surface area (Å²) in [5.74, 6) is 0.0233. The number of rotatable bonds is 2. The third-order valence-corrected chi connectivity index (χ3v) is 4.96. The van der Waals surface area contributed by atoms with E-state index in [4.69, 9.17) is 0 Å². The van der Waals surface area contributed by atoms with Crippen LogP contribution in [0.1, 0.15) is 41.6 Å². The van der Waals surface area contributed by atoms with E-state index in [1.54, 1.807) is 4.90 Å². The van der Waals surface area contributed by atoms with Crippen molar-refractivity contribution in [2.45, 2.75) is 37.9 Å². The van der Waals surface area contributed by atoms with Crippen molar-refractivity contribution in [1.29, 1.82) is 0 Å². The number of piperidine rings is 1. The largest absolute Gasteiger partial charge is 0.417 e. The van der Waals surface area contributed by atoms with Crippen molar-refractivity contribution in [3.8, 4) is 0 Å². The average molecular weight is 326 g/mol. The summed E-state index contributed by atoms with van der Waals surface area (Å²) >= 11 is 0. The van der Waals surface area contributed by atoms with Crippen LogP contribution in [-0.4, -0.2) is 36.5 Å². The van der Waals surface area contributed by atoms with Crippen LogP contribution >= 0.6 is 0 Å². The van der Waals surface area contributed by atoms with Crippen molar-refractivity contribution >= 4 is 5.91 Å². The molecule has 2 aliphatic heterocycles. The van der Waals surface area contributed by atoms with E-state index in [2.05, 4.69) is 5.32 Å². The molecule has 1 aromatic rings. The summed E-state index contributed by atoms with van der Waals surface area (Å²) in [4.78, 5) is 14.1. The highest BCUT2D eigenvalue weighted by atomic mass is 19.4. The monoisotopic (exact) mass is 326 g/mol. The topological polar surface area (TPSA) is 32.3 Å². The summed E-state index contributed by atoms with van der Waals surface area (Å²) in [6.07, 6.45) is -0.439. The Balaban J connectivity index is 1.68. The van der Waals surface area contributed by atoms with Gasteiger partial charge in [-0.15, -0.1) is 0 Å². The molecule has 3 nitrogen and oxygen atoms in total. The van der Waals surface area contributed by atoms with Gasteiger partial charge in [-0.05, 0) is 50.3 Å². The Morgan fingerprint density at radius 1 is 1.13 bits per heavy atom. The molecule has 126 valence electrons. The lowest BCUT2D eigenvalue weighted by atomic mass is 9.88. The molecule has 0 spiro atoms. The molecule has 1 amide bonds. The van der Waals surface area contributed by atoms with Gasteiger partial charge in [0.05, 0.1) is 11.1 Å². The molecule has 1 unspecified atom stereocenters. The van der Waals surface area contributed by atoms with Gasteiger partial charge in [0.2, 0.25) is 0 Å². The second kappa shape index (κ2) is 6.51. The molecule has 1 atom stereocenters. The fourth-order valence-electron chi connectivity index (χ4n) is 3.71. The standard InChI is InChI=1S/C17H21F3N2O/c18-17(19,20)14-5-2-1-4-13(14)16(23)22-10-7-12(8-11-22)15-6-3-9-21-15/h1-2,4-5,12,15,21H,3,6-11H2. The number of benzene rings is 1. The first-order valence-electron chi connectivity index (χ1n) is 8.15. The van der Waals surface area contributed by atoms with Gasteiger partial charge < -0.3 is 10.2 Å². The number of likely N-dealkylation sites (tertiary alicyclic amines) is 1. The minimum Gasteiger partial charge on any atom is -0.339 e. The molecule has 2 aliphatic rings.